The fourth-order valence-electron chi connectivity index (χ4n) is 1.45. The van der Waals surface area contributed by atoms with Crippen molar-refractivity contribution >= 4 is 27.8 Å². The summed E-state index contributed by atoms with van der Waals surface area (Å²) in [4.78, 5) is 8.54. The number of aromatic nitrogens is 1. The van der Waals surface area contributed by atoms with Crippen LogP contribution in [0.5, 0.6) is 0 Å². The van der Waals surface area contributed by atoms with Gasteiger partial charge in [0.15, 0.2) is 5.13 Å². The predicted octanol–water partition coefficient (Wildman–Crippen LogP) is 4.05. The first-order valence-electron chi connectivity index (χ1n) is 5.30. The van der Waals surface area contributed by atoms with Crippen molar-refractivity contribution in [3.05, 3.63) is 32.0 Å². The number of nitrogens with zero attached hydrogens (tertiary/aromatic N) is 1. The van der Waals surface area contributed by atoms with Crippen LogP contribution in [0.1, 0.15) is 25.9 Å². The third kappa shape index (κ3) is 2.44. The lowest BCUT2D eigenvalue weighted by Crippen LogP contribution is -1.96. The lowest BCUT2D eigenvalue weighted by atomic mass is 10.3. The molecule has 0 saturated carbocycles. The third-order valence-corrected chi connectivity index (χ3v) is 4.84. The molecule has 0 aromatic carbocycles. The molecule has 0 fully saturated rings. The number of hydrogen-bond donors (Lipinski definition) is 1. The average Bonchev–Trinajstić information content (AvgIpc) is 2.70. The van der Waals surface area contributed by atoms with Crippen molar-refractivity contribution in [2.45, 2.75) is 34.2 Å². The molecule has 2 rings (SSSR count). The van der Waals surface area contributed by atoms with Crippen molar-refractivity contribution in [2.24, 2.45) is 0 Å². The standard InChI is InChI=1S/C12H16N2S2/c1-7-5-11(15-9(7)3)6-13-12-14-8(2)10(4)16-12/h5H,6H2,1-4H3,(H,13,14). The molecule has 2 aromatic rings. The lowest BCUT2D eigenvalue weighted by molar-refractivity contribution is 1.14. The number of thiophene rings is 1. The van der Waals surface area contributed by atoms with Gasteiger partial charge in [-0.3, -0.25) is 0 Å². The molecule has 0 spiro atoms. The lowest BCUT2D eigenvalue weighted by Gasteiger charge is -1.98. The number of aryl methyl sites for hydroxylation is 4. The summed E-state index contributed by atoms with van der Waals surface area (Å²) in [6.07, 6.45) is 0. The van der Waals surface area contributed by atoms with Gasteiger partial charge in [-0.25, -0.2) is 4.98 Å². The molecule has 1 N–H and O–H groups in total. The van der Waals surface area contributed by atoms with Gasteiger partial charge in [-0.2, -0.15) is 0 Å². The van der Waals surface area contributed by atoms with E-state index in [0.717, 1.165) is 17.4 Å². The van der Waals surface area contributed by atoms with Crippen molar-refractivity contribution in [3.8, 4) is 0 Å². The maximum absolute atomic E-state index is 4.47. The van der Waals surface area contributed by atoms with Gasteiger partial charge in [-0.15, -0.1) is 22.7 Å². The van der Waals surface area contributed by atoms with Crippen molar-refractivity contribution < 1.29 is 0 Å². The van der Waals surface area contributed by atoms with Crippen LogP contribution in [0.3, 0.4) is 0 Å². The summed E-state index contributed by atoms with van der Waals surface area (Å²) in [6.45, 7) is 9.37. The summed E-state index contributed by atoms with van der Waals surface area (Å²) in [7, 11) is 0. The molecule has 0 amide bonds. The van der Waals surface area contributed by atoms with Gasteiger partial charge in [0.05, 0.1) is 12.2 Å². The highest BCUT2D eigenvalue weighted by Gasteiger charge is 2.05. The van der Waals surface area contributed by atoms with E-state index in [4.69, 9.17) is 0 Å². The van der Waals surface area contributed by atoms with Crippen LogP contribution < -0.4 is 5.32 Å². The molecular formula is C12H16N2S2. The largest absolute Gasteiger partial charge is 0.357 e. The van der Waals surface area contributed by atoms with E-state index < -0.39 is 0 Å². The first kappa shape index (κ1) is 11.6. The second-order valence-corrected chi connectivity index (χ2v) is 6.51. The number of hydrogen-bond acceptors (Lipinski definition) is 4. The van der Waals surface area contributed by atoms with E-state index in [1.807, 2.05) is 11.3 Å². The Hall–Kier alpha value is -0.870. The van der Waals surface area contributed by atoms with Crippen LogP contribution in [0.15, 0.2) is 6.07 Å². The van der Waals surface area contributed by atoms with Crippen molar-refractivity contribution in [1.29, 1.82) is 0 Å². The van der Waals surface area contributed by atoms with Gasteiger partial charge < -0.3 is 5.32 Å². The number of rotatable bonds is 3. The highest BCUT2D eigenvalue weighted by molar-refractivity contribution is 7.15. The van der Waals surface area contributed by atoms with E-state index >= 15 is 0 Å². The van der Waals surface area contributed by atoms with E-state index in [0.29, 0.717) is 0 Å². The second-order valence-electron chi connectivity index (χ2n) is 3.97. The van der Waals surface area contributed by atoms with Crippen LogP contribution in [0.4, 0.5) is 5.13 Å². The second kappa shape index (κ2) is 4.55. The van der Waals surface area contributed by atoms with Gasteiger partial charge in [-0.1, -0.05) is 0 Å². The van der Waals surface area contributed by atoms with Crippen LogP contribution in [0, 0.1) is 27.7 Å². The Bertz CT molecular complexity index is 412. The van der Waals surface area contributed by atoms with E-state index in [9.17, 15) is 0 Å². The first-order valence-corrected chi connectivity index (χ1v) is 6.93. The zero-order valence-electron chi connectivity index (χ0n) is 10.0. The highest BCUT2D eigenvalue weighted by atomic mass is 32.1. The van der Waals surface area contributed by atoms with Gasteiger partial charge in [0.1, 0.15) is 0 Å². The molecule has 2 heterocycles. The number of thiazole rings is 1. The van der Waals surface area contributed by atoms with Crippen LogP contribution in [0.25, 0.3) is 0 Å². The molecule has 0 saturated heterocycles. The third-order valence-electron chi connectivity index (χ3n) is 2.66. The van der Waals surface area contributed by atoms with Crippen molar-refractivity contribution in [2.75, 3.05) is 5.32 Å². The first-order chi connectivity index (χ1) is 7.56. The summed E-state index contributed by atoms with van der Waals surface area (Å²) >= 11 is 3.59. The zero-order valence-corrected chi connectivity index (χ0v) is 11.7. The maximum atomic E-state index is 4.47. The van der Waals surface area contributed by atoms with Gasteiger partial charge in [0.2, 0.25) is 0 Å². The molecular weight excluding hydrogens is 236 g/mol. The molecule has 0 unspecified atom stereocenters. The normalized spacial score (nSPS) is 10.8. The van der Waals surface area contributed by atoms with Crippen LogP contribution in [-0.4, -0.2) is 4.98 Å². The fourth-order valence-corrected chi connectivity index (χ4v) is 3.25. The Labute approximate surface area is 104 Å². The fraction of sp³-hybridized carbons (Fsp3) is 0.417. The van der Waals surface area contributed by atoms with Crippen LogP contribution >= 0.6 is 22.7 Å². The molecule has 0 aliphatic carbocycles. The molecule has 86 valence electrons. The quantitative estimate of drug-likeness (QED) is 0.891. The number of nitrogens with one attached hydrogen (secondary N) is 1. The molecule has 0 aliphatic rings. The Balaban J connectivity index is 2.02. The SMILES string of the molecule is Cc1cc(CNc2nc(C)c(C)s2)sc1C. The molecule has 0 atom stereocenters. The Kier molecular flexibility index (Phi) is 3.30. The maximum Gasteiger partial charge on any atom is 0.183 e. The van der Waals surface area contributed by atoms with Gasteiger partial charge in [0, 0.05) is 14.6 Å². The molecule has 4 heteroatoms. The summed E-state index contributed by atoms with van der Waals surface area (Å²) < 4.78 is 0. The Morgan fingerprint density at radius 3 is 2.38 bits per heavy atom. The molecule has 16 heavy (non-hydrogen) atoms. The van der Waals surface area contributed by atoms with Gasteiger partial charge in [0.25, 0.3) is 0 Å². The van der Waals surface area contributed by atoms with E-state index in [1.54, 1.807) is 11.3 Å². The Morgan fingerprint density at radius 2 is 1.88 bits per heavy atom. The summed E-state index contributed by atoms with van der Waals surface area (Å²) in [6, 6.07) is 2.25. The van der Waals surface area contributed by atoms with Gasteiger partial charge in [-0.05, 0) is 39.3 Å². The zero-order chi connectivity index (χ0) is 11.7. The summed E-state index contributed by atoms with van der Waals surface area (Å²) in [5.41, 5.74) is 2.51. The van der Waals surface area contributed by atoms with Crippen LogP contribution in [0.2, 0.25) is 0 Å². The predicted molar refractivity (Wildman–Crippen MR) is 72.7 cm³/mol. The monoisotopic (exact) mass is 252 g/mol. The molecule has 0 bridgehead atoms. The average molecular weight is 252 g/mol. The van der Waals surface area contributed by atoms with Crippen LogP contribution in [-0.2, 0) is 6.54 Å². The molecule has 2 nitrogen and oxygen atoms in total. The minimum Gasteiger partial charge on any atom is -0.357 e. The minimum atomic E-state index is 0.881. The smallest absolute Gasteiger partial charge is 0.183 e. The molecule has 0 radical (unpaired) electrons. The summed E-state index contributed by atoms with van der Waals surface area (Å²) in [5, 5.41) is 4.41. The van der Waals surface area contributed by atoms with E-state index in [1.165, 1.54) is 20.2 Å². The topological polar surface area (TPSA) is 24.9 Å². The van der Waals surface area contributed by atoms with Crippen molar-refractivity contribution in [1.82, 2.24) is 4.98 Å². The highest BCUT2D eigenvalue weighted by Crippen LogP contribution is 2.24. The molecule has 0 aliphatic heterocycles. The minimum absolute atomic E-state index is 0.881. The number of anilines is 1. The van der Waals surface area contributed by atoms with Gasteiger partial charge >= 0.3 is 0 Å². The molecule has 2 aromatic heterocycles. The van der Waals surface area contributed by atoms with E-state index in [2.05, 4.69) is 44.1 Å². The van der Waals surface area contributed by atoms with Crippen molar-refractivity contribution in [3.63, 3.8) is 0 Å². The van der Waals surface area contributed by atoms with E-state index in [-0.39, 0.29) is 0 Å². The summed E-state index contributed by atoms with van der Waals surface area (Å²) in [5.74, 6) is 0. The Morgan fingerprint density at radius 1 is 1.12 bits per heavy atom.